The Labute approximate surface area is 139 Å². The van der Waals surface area contributed by atoms with Crippen LogP contribution in [0.4, 0.5) is 0 Å². The lowest BCUT2D eigenvalue weighted by atomic mass is 9.52. The number of aromatic amines is 1. The summed E-state index contributed by atoms with van der Waals surface area (Å²) in [5, 5.41) is 10.8. The normalized spacial score (nSPS) is 39.0. The molecule has 124 valence electrons. The second-order valence-corrected chi connectivity index (χ2v) is 8.47. The van der Waals surface area contributed by atoms with E-state index in [9.17, 15) is 9.90 Å². The molecule has 0 aliphatic heterocycles. The molecule has 4 saturated carbocycles. The predicted octanol–water partition coefficient (Wildman–Crippen LogP) is 2.41. The van der Waals surface area contributed by atoms with Crippen molar-refractivity contribution in [1.29, 1.82) is 0 Å². The smallest absolute Gasteiger partial charge is 0.326 e. The third-order valence-electron chi connectivity index (χ3n) is 6.96. The third kappa shape index (κ3) is 1.59. The zero-order chi connectivity index (χ0) is 16.1. The first-order valence-electron chi connectivity index (χ1n) is 9.12. The number of allylic oxidation sites excluding steroid dienone is 1. The summed E-state index contributed by atoms with van der Waals surface area (Å²) in [4.78, 5) is 20.4. The van der Waals surface area contributed by atoms with Crippen LogP contribution in [0.3, 0.4) is 0 Å². The molecule has 0 amide bonds. The lowest BCUT2D eigenvalue weighted by Crippen LogP contribution is -2.55. The number of hydrogen-bond donors (Lipinski definition) is 2. The van der Waals surface area contributed by atoms with Crippen LogP contribution in [0.5, 0.6) is 0 Å². The molecule has 5 nitrogen and oxygen atoms in total. The van der Waals surface area contributed by atoms with Gasteiger partial charge in [-0.15, -0.1) is 0 Å². The second-order valence-electron chi connectivity index (χ2n) is 8.47. The van der Waals surface area contributed by atoms with Gasteiger partial charge in [0.05, 0.1) is 28.5 Å². The topological polar surface area (TPSA) is 70.9 Å². The molecular formula is C19H21N3O2. The number of pyridine rings is 1. The first-order chi connectivity index (χ1) is 11.6. The van der Waals surface area contributed by atoms with Crippen LogP contribution < -0.4 is 5.69 Å². The van der Waals surface area contributed by atoms with E-state index in [1.165, 1.54) is 0 Å². The van der Waals surface area contributed by atoms with Gasteiger partial charge in [0, 0.05) is 18.0 Å². The Hall–Kier alpha value is -1.88. The molecule has 0 saturated heterocycles. The van der Waals surface area contributed by atoms with E-state index in [1.807, 2.05) is 10.8 Å². The number of hydrogen-bond acceptors (Lipinski definition) is 3. The van der Waals surface area contributed by atoms with Gasteiger partial charge >= 0.3 is 5.69 Å². The molecule has 3 unspecified atom stereocenters. The van der Waals surface area contributed by atoms with Crippen LogP contribution in [-0.4, -0.2) is 25.2 Å². The number of nitrogens with one attached hydrogen (secondary N) is 1. The van der Waals surface area contributed by atoms with Gasteiger partial charge in [-0.2, -0.15) is 0 Å². The minimum Gasteiger partial charge on any atom is -0.390 e. The summed E-state index contributed by atoms with van der Waals surface area (Å²) in [5.74, 6) is 1.50. The summed E-state index contributed by atoms with van der Waals surface area (Å²) in [6, 6.07) is 0.226. The average molecular weight is 323 g/mol. The van der Waals surface area contributed by atoms with Gasteiger partial charge in [0.1, 0.15) is 0 Å². The van der Waals surface area contributed by atoms with Crippen LogP contribution in [0.15, 0.2) is 17.1 Å². The van der Waals surface area contributed by atoms with Crippen molar-refractivity contribution in [3.8, 4) is 0 Å². The molecule has 0 aromatic carbocycles. The maximum Gasteiger partial charge on any atom is 0.326 e. The van der Waals surface area contributed by atoms with Gasteiger partial charge in [-0.1, -0.05) is 12.2 Å². The number of aliphatic hydroxyl groups is 1. The molecule has 5 heteroatoms. The quantitative estimate of drug-likeness (QED) is 0.846. The number of fused-ring (bicyclic) bond motifs is 3. The van der Waals surface area contributed by atoms with Gasteiger partial charge < -0.3 is 10.1 Å². The molecule has 5 aliphatic carbocycles. The van der Waals surface area contributed by atoms with Crippen molar-refractivity contribution < 1.29 is 5.11 Å². The lowest BCUT2D eigenvalue weighted by Gasteiger charge is -2.58. The van der Waals surface area contributed by atoms with Gasteiger partial charge in [0.25, 0.3) is 0 Å². The summed E-state index contributed by atoms with van der Waals surface area (Å²) in [6.07, 6.45) is 11.9. The molecule has 2 heterocycles. The van der Waals surface area contributed by atoms with E-state index in [-0.39, 0.29) is 11.7 Å². The number of rotatable bonds is 1. The zero-order valence-corrected chi connectivity index (χ0v) is 13.5. The van der Waals surface area contributed by atoms with E-state index >= 15 is 0 Å². The highest BCUT2D eigenvalue weighted by molar-refractivity contribution is 5.87. The predicted molar refractivity (Wildman–Crippen MR) is 90.6 cm³/mol. The fourth-order valence-corrected chi connectivity index (χ4v) is 6.47. The van der Waals surface area contributed by atoms with E-state index in [0.717, 1.165) is 60.8 Å². The molecule has 5 aliphatic rings. The van der Waals surface area contributed by atoms with Gasteiger partial charge in [-0.25, -0.2) is 4.79 Å². The van der Waals surface area contributed by atoms with E-state index in [4.69, 9.17) is 0 Å². The molecule has 4 bridgehead atoms. The standard InChI is InChI=1S/C19H21N3O2/c23-18-21-15-9-20-14-3-1-2-13(14)17(15)22(18)16-11-4-10-5-12(16)8-19(24,6-10)7-11/h1-2,9-12,16,24H,3-8H2,(H,21,23)/t10?,11-,12+,16?,19?. The Morgan fingerprint density at radius 1 is 1.25 bits per heavy atom. The molecule has 2 aromatic heterocycles. The van der Waals surface area contributed by atoms with Crippen molar-refractivity contribution in [2.75, 3.05) is 0 Å². The Bertz CT molecular complexity index is 937. The molecule has 7 rings (SSSR count). The molecule has 0 radical (unpaired) electrons. The zero-order valence-electron chi connectivity index (χ0n) is 13.5. The van der Waals surface area contributed by atoms with Crippen LogP contribution >= 0.6 is 0 Å². The van der Waals surface area contributed by atoms with Crippen molar-refractivity contribution in [1.82, 2.24) is 14.5 Å². The Morgan fingerprint density at radius 3 is 2.79 bits per heavy atom. The molecule has 2 aromatic rings. The van der Waals surface area contributed by atoms with Crippen molar-refractivity contribution in [2.24, 2.45) is 17.8 Å². The van der Waals surface area contributed by atoms with Crippen LogP contribution in [0.25, 0.3) is 17.1 Å². The summed E-state index contributed by atoms with van der Waals surface area (Å²) in [7, 11) is 0. The maximum atomic E-state index is 12.8. The minimum absolute atomic E-state index is 0.00929. The summed E-state index contributed by atoms with van der Waals surface area (Å²) < 4.78 is 2.03. The molecule has 4 fully saturated rings. The molecule has 5 atom stereocenters. The van der Waals surface area contributed by atoms with Crippen molar-refractivity contribution >= 4 is 17.1 Å². The number of aromatic nitrogens is 3. The van der Waals surface area contributed by atoms with E-state index < -0.39 is 5.60 Å². The molecule has 2 N–H and O–H groups in total. The maximum absolute atomic E-state index is 12.8. The van der Waals surface area contributed by atoms with E-state index in [0.29, 0.717) is 17.8 Å². The van der Waals surface area contributed by atoms with Crippen molar-refractivity contribution in [3.05, 3.63) is 34.0 Å². The summed E-state index contributed by atoms with van der Waals surface area (Å²) in [6.45, 7) is 0. The first kappa shape index (κ1) is 13.4. The highest BCUT2D eigenvalue weighted by atomic mass is 16.3. The SMILES string of the molecule is O=c1[nH]c2cnc3c(c2n1C1[C@@H]2CC4C[C@H]1CC(O)(C4)C2)C=CC3. The highest BCUT2D eigenvalue weighted by Crippen LogP contribution is 2.60. The van der Waals surface area contributed by atoms with Gasteiger partial charge in [0.15, 0.2) is 0 Å². The van der Waals surface area contributed by atoms with E-state index in [1.54, 1.807) is 0 Å². The number of nitrogens with zero attached hydrogens (tertiary/aromatic N) is 2. The van der Waals surface area contributed by atoms with Gasteiger partial charge in [0.2, 0.25) is 0 Å². The Kier molecular flexibility index (Phi) is 2.35. The third-order valence-corrected chi connectivity index (χ3v) is 6.96. The fourth-order valence-electron chi connectivity index (χ4n) is 6.47. The largest absolute Gasteiger partial charge is 0.390 e. The molecular weight excluding hydrogens is 302 g/mol. The van der Waals surface area contributed by atoms with Crippen LogP contribution in [0.1, 0.15) is 49.4 Å². The fraction of sp³-hybridized carbons (Fsp3) is 0.579. The number of imidazole rings is 1. The van der Waals surface area contributed by atoms with Crippen LogP contribution in [0, 0.1) is 17.8 Å². The Balaban J connectivity index is 1.58. The van der Waals surface area contributed by atoms with Crippen molar-refractivity contribution in [2.45, 2.75) is 50.2 Å². The average Bonchev–Trinajstić information content (AvgIpc) is 3.09. The Morgan fingerprint density at radius 2 is 2.04 bits per heavy atom. The summed E-state index contributed by atoms with van der Waals surface area (Å²) in [5.41, 5.74) is 3.58. The van der Waals surface area contributed by atoms with Gasteiger partial charge in [-0.05, 0) is 49.9 Å². The monoisotopic (exact) mass is 323 g/mol. The van der Waals surface area contributed by atoms with Crippen molar-refractivity contribution in [3.63, 3.8) is 0 Å². The second kappa shape index (κ2) is 4.20. The molecule has 0 spiro atoms. The van der Waals surface area contributed by atoms with Crippen LogP contribution in [0.2, 0.25) is 0 Å². The van der Waals surface area contributed by atoms with E-state index in [2.05, 4.69) is 22.1 Å². The summed E-state index contributed by atoms with van der Waals surface area (Å²) >= 11 is 0. The number of H-pyrrole nitrogens is 1. The lowest BCUT2D eigenvalue weighted by molar-refractivity contribution is -0.146. The minimum atomic E-state index is -0.466. The molecule has 24 heavy (non-hydrogen) atoms. The highest BCUT2D eigenvalue weighted by Gasteiger charge is 2.55. The van der Waals surface area contributed by atoms with Crippen LogP contribution in [-0.2, 0) is 6.42 Å². The van der Waals surface area contributed by atoms with Gasteiger partial charge in [-0.3, -0.25) is 9.55 Å². The first-order valence-corrected chi connectivity index (χ1v) is 9.12.